The molecule has 2 N–H and O–H groups in total. The van der Waals surface area contributed by atoms with Crippen molar-refractivity contribution in [2.45, 2.75) is 25.3 Å². The van der Waals surface area contributed by atoms with E-state index in [-0.39, 0.29) is 24.5 Å². The highest BCUT2D eigenvalue weighted by Crippen LogP contribution is 2.24. The molecular formula is C16H18N2O2. The number of hydrogen-bond acceptors (Lipinski definition) is 3. The maximum atomic E-state index is 11.8. The Bertz CT molecular complexity index is 528. The first-order valence-electron chi connectivity index (χ1n) is 6.82. The number of nitrogens with zero attached hydrogens (tertiary/aromatic N) is 1. The van der Waals surface area contributed by atoms with Crippen LogP contribution in [0.3, 0.4) is 0 Å². The fourth-order valence-electron chi connectivity index (χ4n) is 2.52. The van der Waals surface area contributed by atoms with E-state index < -0.39 is 0 Å². The van der Waals surface area contributed by atoms with Gasteiger partial charge in [0, 0.05) is 24.6 Å². The number of aliphatic hydroxyl groups excluding tert-OH is 1. The van der Waals surface area contributed by atoms with E-state index in [9.17, 15) is 9.90 Å². The molecule has 4 heteroatoms. The Balaban J connectivity index is 1.90. The first kappa shape index (κ1) is 14.3. The van der Waals surface area contributed by atoms with Crippen LogP contribution in [0.5, 0.6) is 0 Å². The van der Waals surface area contributed by atoms with Gasteiger partial charge in [-0.1, -0.05) is 18.6 Å². The summed E-state index contributed by atoms with van der Waals surface area (Å²) < 4.78 is 0. The molecule has 1 aromatic rings. The molecule has 0 radical (unpaired) electrons. The van der Waals surface area contributed by atoms with Crippen molar-refractivity contribution in [1.82, 2.24) is 5.32 Å². The van der Waals surface area contributed by atoms with Gasteiger partial charge in [0.25, 0.3) is 0 Å². The number of benzene rings is 1. The third-order valence-electron chi connectivity index (χ3n) is 3.69. The third kappa shape index (κ3) is 3.69. The molecule has 1 fully saturated rings. The van der Waals surface area contributed by atoms with Gasteiger partial charge in [-0.2, -0.15) is 5.26 Å². The molecule has 2 rings (SSSR count). The Kier molecular flexibility index (Phi) is 4.91. The third-order valence-corrected chi connectivity index (χ3v) is 3.69. The van der Waals surface area contributed by atoms with Gasteiger partial charge in [-0.25, -0.2) is 0 Å². The summed E-state index contributed by atoms with van der Waals surface area (Å²) in [4.78, 5) is 11.8. The summed E-state index contributed by atoms with van der Waals surface area (Å²) in [6.07, 6.45) is 6.17. The second-order valence-electron chi connectivity index (χ2n) is 5.06. The fraction of sp³-hybridized carbons (Fsp3) is 0.375. The van der Waals surface area contributed by atoms with E-state index >= 15 is 0 Å². The lowest BCUT2D eigenvalue weighted by atomic mass is 10.1. The summed E-state index contributed by atoms with van der Waals surface area (Å²) in [5.41, 5.74) is 1.48. The summed E-state index contributed by atoms with van der Waals surface area (Å²) in [5.74, 6) is 0.0435. The van der Waals surface area contributed by atoms with Gasteiger partial charge in [0.15, 0.2) is 0 Å². The van der Waals surface area contributed by atoms with Crippen LogP contribution < -0.4 is 5.32 Å². The minimum Gasteiger partial charge on any atom is -0.396 e. The molecule has 0 saturated heterocycles. The molecule has 0 heterocycles. The van der Waals surface area contributed by atoms with Crippen LogP contribution in [-0.4, -0.2) is 23.7 Å². The second-order valence-corrected chi connectivity index (χ2v) is 5.06. The van der Waals surface area contributed by atoms with Gasteiger partial charge >= 0.3 is 0 Å². The lowest BCUT2D eigenvalue weighted by Crippen LogP contribution is -2.37. The maximum Gasteiger partial charge on any atom is 0.244 e. The van der Waals surface area contributed by atoms with Gasteiger partial charge in [-0.15, -0.1) is 0 Å². The standard InChI is InChI=1S/C16H18N2O2/c17-10-13-6-4-12(5-7-13)8-9-16(20)18-15-3-1-2-14(15)11-19/h4-9,14-15,19H,1-3,11H2,(H,18,20)/b9-8+. The molecule has 0 aliphatic heterocycles. The highest BCUT2D eigenvalue weighted by molar-refractivity contribution is 5.91. The van der Waals surface area contributed by atoms with Gasteiger partial charge in [0.2, 0.25) is 5.91 Å². The number of nitriles is 1. The summed E-state index contributed by atoms with van der Waals surface area (Å²) in [6, 6.07) is 9.17. The lowest BCUT2D eigenvalue weighted by molar-refractivity contribution is -0.117. The fourth-order valence-corrected chi connectivity index (χ4v) is 2.52. The van der Waals surface area contributed by atoms with Gasteiger partial charge in [0.1, 0.15) is 0 Å². The normalized spacial score (nSPS) is 21.8. The van der Waals surface area contributed by atoms with Gasteiger partial charge < -0.3 is 10.4 Å². The van der Waals surface area contributed by atoms with Crippen molar-refractivity contribution in [3.8, 4) is 6.07 Å². The zero-order chi connectivity index (χ0) is 14.4. The van der Waals surface area contributed by atoms with Crippen molar-refractivity contribution in [3.05, 3.63) is 41.5 Å². The second kappa shape index (κ2) is 6.88. The van der Waals surface area contributed by atoms with Crippen molar-refractivity contribution in [1.29, 1.82) is 5.26 Å². The molecule has 0 bridgehead atoms. The highest BCUT2D eigenvalue weighted by Gasteiger charge is 2.27. The van der Waals surface area contributed by atoms with Crippen molar-refractivity contribution in [3.63, 3.8) is 0 Å². The van der Waals surface area contributed by atoms with E-state index in [1.54, 1.807) is 30.3 Å². The van der Waals surface area contributed by atoms with Crippen LogP contribution in [0.15, 0.2) is 30.3 Å². The molecule has 1 aromatic carbocycles. The number of amides is 1. The predicted octanol–water partition coefficient (Wildman–Crippen LogP) is 1.85. The SMILES string of the molecule is N#Cc1ccc(/C=C/C(=O)NC2CCCC2CO)cc1. The lowest BCUT2D eigenvalue weighted by Gasteiger charge is -2.17. The minimum atomic E-state index is -0.139. The molecule has 1 amide bonds. The number of carbonyl (C=O) groups is 1. The van der Waals surface area contributed by atoms with E-state index in [1.807, 2.05) is 0 Å². The highest BCUT2D eigenvalue weighted by atomic mass is 16.3. The topological polar surface area (TPSA) is 73.1 Å². The average Bonchev–Trinajstić information content (AvgIpc) is 2.92. The van der Waals surface area contributed by atoms with E-state index in [1.165, 1.54) is 6.08 Å². The van der Waals surface area contributed by atoms with Crippen LogP contribution in [0.4, 0.5) is 0 Å². The van der Waals surface area contributed by atoms with Gasteiger partial charge in [-0.3, -0.25) is 4.79 Å². The average molecular weight is 270 g/mol. The Labute approximate surface area is 118 Å². The molecule has 1 saturated carbocycles. The Morgan fingerprint density at radius 1 is 1.40 bits per heavy atom. The Morgan fingerprint density at radius 3 is 2.80 bits per heavy atom. The van der Waals surface area contributed by atoms with Crippen molar-refractivity contribution < 1.29 is 9.90 Å². The number of carbonyl (C=O) groups excluding carboxylic acids is 1. The molecular weight excluding hydrogens is 252 g/mol. The molecule has 1 aliphatic carbocycles. The summed E-state index contributed by atoms with van der Waals surface area (Å²) in [7, 11) is 0. The molecule has 0 spiro atoms. The number of nitrogens with one attached hydrogen (secondary N) is 1. The van der Waals surface area contributed by atoms with E-state index in [0.717, 1.165) is 24.8 Å². The van der Waals surface area contributed by atoms with Crippen LogP contribution in [0.1, 0.15) is 30.4 Å². The molecule has 2 atom stereocenters. The van der Waals surface area contributed by atoms with Crippen molar-refractivity contribution >= 4 is 12.0 Å². The van der Waals surface area contributed by atoms with E-state index in [4.69, 9.17) is 5.26 Å². The summed E-state index contributed by atoms with van der Waals surface area (Å²) in [6.45, 7) is 0.129. The number of aliphatic hydroxyl groups is 1. The van der Waals surface area contributed by atoms with Crippen LogP contribution in [-0.2, 0) is 4.79 Å². The molecule has 4 nitrogen and oxygen atoms in total. The van der Waals surface area contributed by atoms with Gasteiger partial charge in [-0.05, 0) is 36.6 Å². The largest absolute Gasteiger partial charge is 0.396 e. The zero-order valence-electron chi connectivity index (χ0n) is 11.2. The summed E-state index contributed by atoms with van der Waals surface area (Å²) >= 11 is 0. The van der Waals surface area contributed by atoms with Crippen LogP contribution >= 0.6 is 0 Å². The number of hydrogen-bond donors (Lipinski definition) is 2. The van der Waals surface area contributed by atoms with Crippen molar-refractivity contribution in [2.24, 2.45) is 5.92 Å². The summed E-state index contributed by atoms with van der Waals surface area (Å²) in [5, 5.41) is 20.8. The quantitative estimate of drug-likeness (QED) is 0.820. The van der Waals surface area contributed by atoms with Crippen LogP contribution in [0, 0.1) is 17.2 Å². The zero-order valence-corrected chi connectivity index (χ0v) is 11.2. The molecule has 20 heavy (non-hydrogen) atoms. The minimum absolute atomic E-state index is 0.0816. The maximum absolute atomic E-state index is 11.8. The molecule has 104 valence electrons. The smallest absolute Gasteiger partial charge is 0.244 e. The van der Waals surface area contributed by atoms with E-state index in [0.29, 0.717) is 5.56 Å². The molecule has 1 aliphatic rings. The first-order valence-corrected chi connectivity index (χ1v) is 6.82. The van der Waals surface area contributed by atoms with E-state index in [2.05, 4.69) is 11.4 Å². The molecule has 0 aromatic heterocycles. The number of rotatable bonds is 4. The Morgan fingerprint density at radius 2 is 2.15 bits per heavy atom. The predicted molar refractivity (Wildman–Crippen MR) is 76.5 cm³/mol. The van der Waals surface area contributed by atoms with Crippen molar-refractivity contribution in [2.75, 3.05) is 6.61 Å². The van der Waals surface area contributed by atoms with Crippen LogP contribution in [0.25, 0.3) is 6.08 Å². The first-order chi connectivity index (χ1) is 9.72. The van der Waals surface area contributed by atoms with Crippen LogP contribution in [0.2, 0.25) is 0 Å². The Hall–Kier alpha value is -2.12. The monoisotopic (exact) mass is 270 g/mol. The van der Waals surface area contributed by atoms with Gasteiger partial charge in [0.05, 0.1) is 11.6 Å². The molecule has 2 unspecified atom stereocenters.